The lowest BCUT2D eigenvalue weighted by Gasteiger charge is -2.28. The number of hydrogen-bond acceptors (Lipinski definition) is 12. The molecule has 1 aliphatic heterocycles. The first-order valence-electron chi connectivity index (χ1n) is 24.7. The minimum Gasteiger partial charge on any atom is -0.370 e. The van der Waals surface area contributed by atoms with E-state index in [1.807, 2.05) is 24.3 Å². The highest BCUT2D eigenvalue weighted by Crippen LogP contribution is 2.20. The summed E-state index contributed by atoms with van der Waals surface area (Å²) in [6, 6.07) is 6.70. The summed E-state index contributed by atoms with van der Waals surface area (Å²) in [6.07, 6.45) is 3.75. The second-order valence-corrected chi connectivity index (χ2v) is 19.0. The molecule has 2 aromatic carbocycles. The van der Waals surface area contributed by atoms with Crippen LogP contribution in [0.2, 0.25) is 0 Å². The standard InChI is InChI=1S/C49H72N16O9S/c1-28(66)59-34(17-10-21-56-48(51)52)42(69)65-39-26-40(67)55-20-9-8-16-33(41(50)68)60-46(73)38(25-30-27-58-32-15-7-6-14-31(30)32)64-43(70)35(18-11-22-57-49(53)54)61-45(72)37(24-29-12-4-3-5-13-29)63-44(71)36(19-23-75-2)62-47(39)74/h3-7,12-15,27,33-39,58H,8-11,16-26H2,1-2H3,(H2,50,68)(H,55,67)(H,59,66)(H,60,73)(H,61,72)(H,62,74)(H,63,71)(H,64,70)(H,65,69)(H4,51,52,56)(H4,53,54,57)/t33-,34-,35-,36-,37+,38-,39-/m0/s1. The third-order valence-electron chi connectivity index (χ3n) is 12.0. The van der Waals surface area contributed by atoms with E-state index in [0.717, 1.165) is 10.9 Å². The molecule has 7 atom stereocenters. The number of thioether (sulfide) groups is 1. The van der Waals surface area contributed by atoms with E-state index >= 15 is 0 Å². The number of carbonyl (C=O) groups is 9. The largest absolute Gasteiger partial charge is 0.370 e. The Hall–Kier alpha value is -7.90. The van der Waals surface area contributed by atoms with E-state index in [1.54, 1.807) is 42.8 Å². The fraction of sp³-hybridized carbons (Fsp3) is 0.490. The van der Waals surface area contributed by atoms with Gasteiger partial charge in [-0.25, -0.2) is 0 Å². The topological polar surface area (TPSA) is 420 Å². The predicted molar refractivity (Wildman–Crippen MR) is 285 cm³/mol. The van der Waals surface area contributed by atoms with Gasteiger partial charge in [-0.15, -0.1) is 0 Å². The highest BCUT2D eigenvalue weighted by atomic mass is 32.2. The van der Waals surface area contributed by atoms with Crippen molar-refractivity contribution < 1.29 is 43.2 Å². The van der Waals surface area contributed by atoms with Crippen LogP contribution in [0.15, 0.2) is 70.8 Å². The van der Waals surface area contributed by atoms with Gasteiger partial charge in [-0.1, -0.05) is 48.5 Å². The van der Waals surface area contributed by atoms with Crippen LogP contribution in [0.25, 0.3) is 10.9 Å². The second kappa shape index (κ2) is 31.0. The summed E-state index contributed by atoms with van der Waals surface area (Å²) in [7, 11) is 0. The van der Waals surface area contributed by atoms with Crippen LogP contribution in [0, 0.1) is 0 Å². The Bertz CT molecular complexity index is 2500. The van der Waals surface area contributed by atoms with Crippen molar-refractivity contribution in [2.24, 2.45) is 38.7 Å². The molecule has 2 heterocycles. The quantitative estimate of drug-likeness (QED) is 0.0333. The molecule has 25 nitrogen and oxygen atoms in total. The van der Waals surface area contributed by atoms with Crippen molar-refractivity contribution in [1.82, 2.24) is 47.5 Å². The Morgan fingerprint density at radius 2 is 1.29 bits per heavy atom. The van der Waals surface area contributed by atoms with Crippen LogP contribution in [0.4, 0.5) is 0 Å². The molecule has 9 amide bonds. The summed E-state index contributed by atoms with van der Waals surface area (Å²) in [5.74, 6) is -7.00. The molecule has 1 aliphatic rings. The molecule has 0 spiro atoms. The smallest absolute Gasteiger partial charge is 0.243 e. The van der Waals surface area contributed by atoms with Crippen molar-refractivity contribution in [1.29, 1.82) is 0 Å². The normalized spacial score (nSPS) is 21.1. The Labute approximate surface area is 439 Å². The summed E-state index contributed by atoms with van der Waals surface area (Å²) >= 11 is 1.37. The average molecular weight is 1060 g/mol. The van der Waals surface area contributed by atoms with Crippen LogP contribution in [0.1, 0.15) is 75.8 Å². The van der Waals surface area contributed by atoms with Crippen molar-refractivity contribution in [3.05, 3.63) is 71.9 Å². The number of para-hydroxylation sites is 1. The van der Waals surface area contributed by atoms with E-state index in [0.29, 0.717) is 16.9 Å². The molecule has 26 heteroatoms. The van der Waals surface area contributed by atoms with Crippen LogP contribution in [0.3, 0.4) is 0 Å². The third-order valence-corrected chi connectivity index (χ3v) is 12.7. The van der Waals surface area contributed by atoms with Gasteiger partial charge in [0.15, 0.2) is 11.9 Å². The van der Waals surface area contributed by atoms with Gasteiger partial charge in [0, 0.05) is 56.5 Å². The van der Waals surface area contributed by atoms with Crippen molar-refractivity contribution in [2.45, 2.75) is 120 Å². The molecule has 19 N–H and O–H groups in total. The number of aromatic amines is 1. The van der Waals surface area contributed by atoms with Crippen molar-refractivity contribution in [3.8, 4) is 0 Å². The molecule has 408 valence electrons. The van der Waals surface area contributed by atoms with Crippen LogP contribution in [0.5, 0.6) is 0 Å². The molecule has 3 aromatic rings. The number of guanidine groups is 2. The summed E-state index contributed by atoms with van der Waals surface area (Å²) < 4.78 is 0. The fourth-order valence-corrected chi connectivity index (χ4v) is 8.64. The highest BCUT2D eigenvalue weighted by molar-refractivity contribution is 7.98. The zero-order valence-corrected chi connectivity index (χ0v) is 43.1. The number of nitrogens with zero attached hydrogens (tertiary/aromatic N) is 2. The lowest BCUT2D eigenvalue weighted by molar-refractivity contribution is -0.136. The minimum absolute atomic E-state index is 0.0320. The number of aromatic nitrogens is 1. The number of hydrogen-bond donors (Lipinski definition) is 14. The first-order chi connectivity index (χ1) is 35.8. The van der Waals surface area contributed by atoms with E-state index in [1.165, 1.54) is 18.7 Å². The van der Waals surface area contributed by atoms with Crippen LogP contribution in [-0.2, 0) is 56.0 Å². The molecule has 0 saturated carbocycles. The van der Waals surface area contributed by atoms with Gasteiger partial charge in [-0.3, -0.25) is 53.1 Å². The summed E-state index contributed by atoms with van der Waals surface area (Å²) in [5, 5.41) is 22.3. The third kappa shape index (κ3) is 20.9. The van der Waals surface area contributed by atoms with Gasteiger partial charge in [-0.2, -0.15) is 11.8 Å². The van der Waals surface area contributed by atoms with Crippen molar-refractivity contribution in [2.75, 3.05) is 31.6 Å². The number of carbonyl (C=O) groups excluding carboxylic acids is 9. The Morgan fingerprint density at radius 1 is 0.707 bits per heavy atom. The van der Waals surface area contributed by atoms with Crippen molar-refractivity contribution in [3.63, 3.8) is 0 Å². The number of amides is 9. The average Bonchev–Trinajstić information content (AvgIpc) is 3.77. The summed E-state index contributed by atoms with van der Waals surface area (Å²) in [4.78, 5) is 136. The van der Waals surface area contributed by atoms with Crippen LogP contribution in [-0.4, -0.2) is 144 Å². The van der Waals surface area contributed by atoms with E-state index in [4.69, 9.17) is 28.7 Å². The van der Waals surface area contributed by atoms with E-state index in [-0.39, 0.29) is 95.8 Å². The van der Waals surface area contributed by atoms with Gasteiger partial charge in [-0.05, 0) is 80.6 Å². The lowest BCUT2D eigenvalue weighted by Crippen LogP contribution is -2.60. The molecule has 0 aliphatic carbocycles. The van der Waals surface area contributed by atoms with Gasteiger partial charge in [0.1, 0.15) is 42.3 Å². The highest BCUT2D eigenvalue weighted by Gasteiger charge is 2.35. The molecule has 1 fully saturated rings. The van der Waals surface area contributed by atoms with Gasteiger partial charge in [0.25, 0.3) is 0 Å². The van der Waals surface area contributed by atoms with Gasteiger partial charge >= 0.3 is 0 Å². The predicted octanol–water partition coefficient (Wildman–Crippen LogP) is -2.60. The summed E-state index contributed by atoms with van der Waals surface area (Å²) in [5.41, 5.74) is 29.9. The molecule has 4 rings (SSSR count). The lowest BCUT2D eigenvalue weighted by atomic mass is 10.0. The number of fused-ring (bicyclic) bond motifs is 1. The molecular formula is C49H72N16O9S. The van der Waals surface area contributed by atoms with Crippen molar-refractivity contribution >= 4 is 87.7 Å². The number of primary amides is 1. The Kier molecular flexibility index (Phi) is 24.6. The molecule has 0 bridgehead atoms. The zero-order chi connectivity index (χ0) is 54.9. The van der Waals surface area contributed by atoms with Crippen LogP contribution < -0.4 is 71.2 Å². The van der Waals surface area contributed by atoms with Gasteiger partial charge in [0.2, 0.25) is 53.2 Å². The Balaban J connectivity index is 1.77. The maximum absolute atomic E-state index is 14.6. The van der Waals surface area contributed by atoms with E-state index in [9.17, 15) is 43.2 Å². The fourth-order valence-electron chi connectivity index (χ4n) is 8.17. The minimum atomic E-state index is -1.59. The summed E-state index contributed by atoms with van der Waals surface area (Å²) in [6.45, 7) is 1.43. The molecule has 1 saturated heterocycles. The maximum Gasteiger partial charge on any atom is 0.243 e. The maximum atomic E-state index is 14.6. The first kappa shape index (κ1) is 59.7. The number of nitrogens with one attached hydrogen (secondary N) is 9. The number of aliphatic imine (C=N–C) groups is 2. The first-order valence-corrected chi connectivity index (χ1v) is 26.1. The van der Waals surface area contributed by atoms with E-state index in [2.05, 4.69) is 57.5 Å². The molecule has 75 heavy (non-hydrogen) atoms. The van der Waals surface area contributed by atoms with E-state index < -0.39 is 102 Å². The number of rotatable bonds is 19. The zero-order valence-electron chi connectivity index (χ0n) is 42.3. The Morgan fingerprint density at radius 3 is 1.95 bits per heavy atom. The monoisotopic (exact) mass is 1060 g/mol. The molecule has 0 radical (unpaired) electrons. The molecular weight excluding hydrogens is 989 g/mol. The number of nitrogens with two attached hydrogens (primary N) is 5. The SMILES string of the molecule is CSCC[C@@H]1NC(=O)[C@@H](NC(=O)[C@H](CCCN=C(N)N)NC(C)=O)CC(=O)NCCCC[C@@H](C(N)=O)NC(=O)[C@H](Cc2c[nH]c3ccccc23)NC(=O)[C@H](CCCN=C(N)N)NC(=O)[C@@H](Cc2ccccc2)NC1=O. The second-order valence-electron chi connectivity index (χ2n) is 18.0. The van der Waals surface area contributed by atoms with Gasteiger partial charge < -0.3 is 76.2 Å². The van der Waals surface area contributed by atoms with Crippen LogP contribution >= 0.6 is 11.8 Å². The van der Waals surface area contributed by atoms with Gasteiger partial charge in [0.05, 0.1) is 6.42 Å². The number of H-pyrrole nitrogens is 1. The molecule has 1 aromatic heterocycles. The molecule has 0 unspecified atom stereocenters. The number of benzene rings is 2.